The lowest BCUT2D eigenvalue weighted by Crippen LogP contribution is -2.05. The fourth-order valence-electron chi connectivity index (χ4n) is 3.46. The third kappa shape index (κ3) is 2.26. The van der Waals surface area contributed by atoms with Gasteiger partial charge in [-0.15, -0.1) is 0 Å². The number of halogens is 1. The summed E-state index contributed by atoms with van der Waals surface area (Å²) in [4.78, 5) is 21.3. The van der Waals surface area contributed by atoms with Gasteiger partial charge in [0.2, 0.25) is 5.78 Å². The molecule has 2 heterocycles. The van der Waals surface area contributed by atoms with E-state index in [-0.39, 0.29) is 5.78 Å². The lowest BCUT2D eigenvalue weighted by molar-refractivity contribution is 0.103. The van der Waals surface area contributed by atoms with Crippen molar-refractivity contribution in [3.8, 4) is 0 Å². The molecule has 26 heavy (non-hydrogen) atoms. The van der Waals surface area contributed by atoms with Crippen LogP contribution in [0.2, 0.25) is 0 Å². The van der Waals surface area contributed by atoms with E-state index >= 15 is 0 Å². The molecule has 3 aromatic carbocycles. The van der Waals surface area contributed by atoms with E-state index in [1.807, 2.05) is 60.7 Å². The van der Waals surface area contributed by atoms with Crippen LogP contribution in [-0.2, 0) is 0 Å². The summed E-state index contributed by atoms with van der Waals surface area (Å²) in [7, 11) is 0. The van der Waals surface area contributed by atoms with Crippen LogP contribution in [0.3, 0.4) is 0 Å². The van der Waals surface area contributed by atoms with Gasteiger partial charge in [-0.2, -0.15) is 0 Å². The summed E-state index contributed by atoms with van der Waals surface area (Å²) >= 11 is 3.41. The van der Waals surface area contributed by atoms with E-state index in [9.17, 15) is 4.79 Å². The fraction of sp³-hybridized carbons (Fsp3) is 0. The molecule has 0 saturated carbocycles. The molecule has 0 saturated heterocycles. The van der Waals surface area contributed by atoms with Gasteiger partial charge in [0.25, 0.3) is 0 Å². The van der Waals surface area contributed by atoms with Gasteiger partial charge in [-0.25, -0.2) is 4.98 Å². The number of hydrogen-bond donors (Lipinski definition) is 1. The van der Waals surface area contributed by atoms with Crippen molar-refractivity contribution in [2.45, 2.75) is 0 Å². The van der Waals surface area contributed by atoms with E-state index < -0.39 is 0 Å². The SMILES string of the molecule is O=C(c1ccc(Br)cc1)c1nc2ccccc2c2c1[nH]c1ccccc12. The van der Waals surface area contributed by atoms with Crippen LogP contribution in [0, 0.1) is 0 Å². The van der Waals surface area contributed by atoms with Crippen LogP contribution in [0.1, 0.15) is 16.1 Å². The molecule has 0 atom stereocenters. The average molecular weight is 401 g/mol. The summed E-state index contributed by atoms with van der Waals surface area (Å²) in [6.07, 6.45) is 0. The summed E-state index contributed by atoms with van der Waals surface area (Å²) in [6, 6.07) is 23.4. The van der Waals surface area contributed by atoms with Gasteiger partial charge in [-0.3, -0.25) is 4.79 Å². The number of fused-ring (bicyclic) bond motifs is 5. The average Bonchev–Trinajstić information content (AvgIpc) is 3.07. The molecule has 3 nitrogen and oxygen atoms in total. The Morgan fingerprint density at radius 3 is 2.35 bits per heavy atom. The number of carbonyl (C=O) groups is 1. The molecule has 124 valence electrons. The summed E-state index contributed by atoms with van der Waals surface area (Å²) in [5.74, 6) is -0.0835. The van der Waals surface area contributed by atoms with Crippen molar-refractivity contribution in [1.29, 1.82) is 0 Å². The molecule has 5 aromatic rings. The second-order valence-electron chi connectivity index (χ2n) is 6.23. The second kappa shape index (κ2) is 5.78. The van der Waals surface area contributed by atoms with Crippen molar-refractivity contribution in [1.82, 2.24) is 9.97 Å². The number of para-hydroxylation sites is 2. The van der Waals surface area contributed by atoms with Gasteiger partial charge in [0.15, 0.2) is 0 Å². The Bertz CT molecular complexity index is 1300. The highest BCUT2D eigenvalue weighted by molar-refractivity contribution is 9.10. The molecule has 0 fully saturated rings. The first-order valence-corrected chi connectivity index (χ1v) is 9.11. The van der Waals surface area contributed by atoms with Crippen LogP contribution in [0.4, 0.5) is 0 Å². The first-order valence-electron chi connectivity index (χ1n) is 8.32. The van der Waals surface area contributed by atoms with E-state index in [1.165, 1.54) is 0 Å². The third-order valence-electron chi connectivity index (χ3n) is 4.67. The predicted octanol–water partition coefficient (Wildman–Crippen LogP) is 5.86. The molecule has 5 rings (SSSR count). The Labute approximate surface area is 157 Å². The smallest absolute Gasteiger partial charge is 0.213 e. The lowest BCUT2D eigenvalue weighted by Gasteiger charge is -2.06. The fourth-order valence-corrected chi connectivity index (χ4v) is 3.72. The number of H-pyrrole nitrogens is 1. The maximum atomic E-state index is 13.2. The number of nitrogens with zero attached hydrogens (tertiary/aromatic N) is 1. The van der Waals surface area contributed by atoms with Crippen molar-refractivity contribution in [3.63, 3.8) is 0 Å². The highest BCUT2D eigenvalue weighted by atomic mass is 79.9. The Morgan fingerprint density at radius 1 is 0.846 bits per heavy atom. The Balaban J connectivity index is 1.89. The first kappa shape index (κ1) is 15.3. The summed E-state index contributed by atoms with van der Waals surface area (Å²) in [5.41, 5.74) is 3.70. The van der Waals surface area contributed by atoms with E-state index in [1.54, 1.807) is 0 Å². The van der Waals surface area contributed by atoms with E-state index in [2.05, 4.69) is 33.0 Å². The Hall–Kier alpha value is -2.98. The number of aromatic nitrogens is 2. The minimum Gasteiger partial charge on any atom is -0.353 e. The quantitative estimate of drug-likeness (QED) is 0.377. The second-order valence-corrected chi connectivity index (χ2v) is 7.15. The third-order valence-corrected chi connectivity index (χ3v) is 5.20. The van der Waals surface area contributed by atoms with Gasteiger partial charge in [0, 0.05) is 31.7 Å². The molecule has 0 aliphatic carbocycles. The normalized spacial score (nSPS) is 11.4. The molecular weight excluding hydrogens is 388 g/mol. The maximum Gasteiger partial charge on any atom is 0.213 e. The number of benzene rings is 3. The van der Waals surface area contributed by atoms with Gasteiger partial charge in [-0.05, 0) is 36.4 Å². The number of pyridine rings is 1. The highest BCUT2D eigenvalue weighted by Gasteiger charge is 2.19. The van der Waals surface area contributed by atoms with Crippen LogP contribution >= 0.6 is 15.9 Å². The molecule has 0 bridgehead atoms. The Morgan fingerprint density at radius 2 is 1.54 bits per heavy atom. The zero-order valence-electron chi connectivity index (χ0n) is 13.7. The van der Waals surface area contributed by atoms with Crippen LogP contribution in [0.25, 0.3) is 32.7 Å². The molecule has 0 aliphatic rings. The van der Waals surface area contributed by atoms with E-state index in [0.717, 1.165) is 37.2 Å². The topological polar surface area (TPSA) is 45.8 Å². The van der Waals surface area contributed by atoms with Gasteiger partial charge < -0.3 is 4.98 Å². The van der Waals surface area contributed by atoms with E-state index in [0.29, 0.717) is 11.3 Å². The molecule has 0 aliphatic heterocycles. The molecule has 2 aromatic heterocycles. The molecule has 1 N–H and O–H groups in total. The minimum atomic E-state index is -0.0835. The van der Waals surface area contributed by atoms with Gasteiger partial charge in [-0.1, -0.05) is 52.3 Å². The summed E-state index contributed by atoms with van der Waals surface area (Å²) in [5, 5.41) is 3.20. The zero-order valence-corrected chi connectivity index (χ0v) is 15.2. The zero-order chi connectivity index (χ0) is 17.7. The Kier molecular flexibility index (Phi) is 3.40. The number of aromatic amines is 1. The standard InChI is InChI=1S/C22H13BrN2O/c23-14-11-9-13(10-12-14)22(26)21-20-19(15-5-1-3-7-17(15)24-20)16-6-2-4-8-18(16)25-21/h1-12,24H. The number of hydrogen-bond acceptors (Lipinski definition) is 2. The first-order chi connectivity index (χ1) is 12.7. The molecule has 0 amide bonds. The van der Waals surface area contributed by atoms with Crippen LogP contribution in [0.15, 0.2) is 77.3 Å². The largest absolute Gasteiger partial charge is 0.353 e. The predicted molar refractivity (Wildman–Crippen MR) is 109 cm³/mol. The number of rotatable bonds is 2. The van der Waals surface area contributed by atoms with Gasteiger partial charge >= 0.3 is 0 Å². The van der Waals surface area contributed by atoms with Crippen molar-refractivity contribution in [3.05, 3.63) is 88.5 Å². The van der Waals surface area contributed by atoms with Crippen molar-refractivity contribution in [2.75, 3.05) is 0 Å². The lowest BCUT2D eigenvalue weighted by atomic mass is 10.0. The number of ketones is 1. The molecule has 0 unspecified atom stereocenters. The van der Waals surface area contributed by atoms with E-state index in [4.69, 9.17) is 4.98 Å². The maximum absolute atomic E-state index is 13.2. The summed E-state index contributed by atoms with van der Waals surface area (Å²) in [6.45, 7) is 0. The highest BCUT2D eigenvalue weighted by Crippen LogP contribution is 2.33. The van der Waals surface area contributed by atoms with Crippen molar-refractivity contribution in [2.24, 2.45) is 0 Å². The molecule has 0 radical (unpaired) electrons. The molecular formula is C22H13BrN2O. The van der Waals surface area contributed by atoms with Gasteiger partial charge in [0.1, 0.15) is 5.69 Å². The van der Waals surface area contributed by atoms with Crippen molar-refractivity contribution < 1.29 is 4.79 Å². The van der Waals surface area contributed by atoms with Crippen LogP contribution < -0.4 is 0 Å². The van der Waals surface area contributed by atoms with Gasteiger partial charge in [0.05, 0.1) is 11.0 Å². The van der Waals surface area contributed by atoms with Crippen LogP contribution in [-0.4, -0.2) is 15.8 Å². The van der Waals surface area contributed by atoms with Crippen molar-refractivity contribution >= 4 is 54.4 Å². The summed E-state index contributed by atoms with van der Waals surface area (Å²) < 4.78 is 0.941. The molecule has 4 heteroatoms. The number of carbonyl (C=O) groups excluding carboxylic acids is 1. The van der Waals surface area contributed by atoms with Crippen LogP contribution in [0.5, 0.6) is 0 Å². The molecule has 0 spiro atoms. The minimum absolute atomic E-state index is 0.0835. The monoisotopic (exact) mass is 400 g/mol. The number of nitrogens with one attached hydrogen (secondary N) is 1.